The number of nitrogens with zero attached hydrogens (tertiary/aromatic N) is 1. The van der Waals surface area contributed by atoms with Crippen molar-refractivity contribution >= 4 is 21.3 Å². The van der Waals surface area contributed by atoms with E-state index in [2.05, 4.69) is 0 Å². The number of nitro benzene ring substituents is 1. The molecule has 0 radical (unpaired) electrons. The Bertz CT molecular complexity index is 1230. The first-order chi connectivity index (χ1) is 15.9. The van der Waals surface area contributed by atoms with Crippen molar-refractivity contribution in [1.29, 1.82) is 0 Å². The van der Waals surface area contributed by atoms with Gasteiger partial charge in [0.2, 0.25) is 0 Å². The quantitative estimate of drug-likeness (QED) is 0.309. The minimum atomic E-state index is -3.61. The largest absolute Gasteiger partial charge is 0.476 e. The van der Waals surface area contributed by atoms with Crippen LogP contribution in [0.5, 0.6) is 0 Å². The number of benzene rings is 3. The number of sulfone groups is 1. The molecule has 3 aromatic carbocycles. The smallest absolute Gasteiger partial charge is 0.269 e. The molecule has 7 heteroatoms. The molecule has 33 heavy (non-hydrogen) atoms. The zero-order valence-electron chi connectivity index (χ0n) is 18.3. The number of nitro groups is 1. The van der Waals surface area contributed by atoms with Crippen LogP contribution in [0.25, 0.3) is 5.76 Å². The zero-order chi connectivity index (χ0) is 23.5. The van der Waals surface area contributed by atoms with Crippen molar-refractivity contribution in [3.63, 3.8) is 0 Å². The van der Waals surface area contributed by atoms with E-state index in [9.17, 15) is 18.5 Å². The zero-order valence-corrected chi connectivity index (χ0v) is 19.1. The topological polar surface area (TPSA) is 86.5 Å². The summed E-state index contributed by atoms with van der Waals surface area (Å²) >= 11 is 0. The molecule has 0 fully saturated rings. The van der Waals surface area contributed by atoms with Crippen molar-refractivity contribution in [1.82, 2.24) is 0 Å². The normalized spacial score (nSPS) is 15.3. The van der Waals surface area contributed by atoms with Crippen molar-refractivity contribution in [2.24, 2.45) is 0 Å². The molecule has 0 spiro atoms. The molecular formula is C26H25NO5S. The molecule has 0 amide bonds. The second kappa shape index (κ2) is 9.19. The fourth-order valence-corrected chi connectivity index (χ4v) is 5.92. The third-order valence-electron chi connectivity index (χ3n) is 5.90. The molecule has 0 N–H and O–H groups in total. The molecule has 0 saturated carbocycles. The summed E-state index contributed by atoms with van der Waals surface area (Å²) in [7, 11) is -3.61. The fraction of sp³-hybridized carbons (Fsp3) is 0.231. The maximum absolute atomic E-state index is 13.5. The summed E-state index contributed by atoms with van der Waals surface area (Å²) in [6.45, 7) is 1.95. The Balaban J connectivity index is 1.90. The number of ether oxygens (including phenoxy) is 1. The van der Waals surface area contributed by atoms with Crippen LogP contribution in [0.1, 0.15) is 42.9 Å². The minimum Gasteiger partial charge on any atom is -0.476 e. The average Bonchev–Trinajstić information content (AvgIpc) is 3.27. The molecule has 0 atom stereocenters. The molecule has 4 rings (SSSR count). The van der Waals surface area contributed by atoms with Gasteiger partial charge < -0.3 is 4.74 Å². The van der Waals surface area contributed by atoms with Crippen LogP contribution in [0.2, 0.25) is 0 Å². The molecule has 1 aliphatic heterocycles. The first-order valence-corrected chi connectivity index (χ1v) is 12.5. The summed E-state index contributed by atoms with van der Waals surface area (Å²) in [6, 6.07) is 25.0. The Morgan fingerprint density at radius 3 is 1.94 bits per heavy atom. The van der Waals surface area contributed by atoms with Crippen molar-refractivity contribution in [2.75, 3.05) is 5.75 Å². The third kappa shape index (κ3) is 4.41. The number of unbranched alkanes of at least 4 members (excludes halogenated alkanes) is 1. The van der Waals surface area contributed by atoms with Crippen LogP contribution in [0, 0.1) is 10.1 Å². The number of non-ortho nitro benzene ring substituents is 1. The molecule has 0 aromatic heterocycles. The lowest BCUT2D eigenvalue weighted by atomic mass is 9.84. The molecule has 1 aliphatic rings. The Labute approximate surface area is 193 Å². The first kappa shape index (κ1) is 22.7. The highest BCUT2D eigenvalue weighted by Gasteiger charge is 2.47. The average molecular weight is 464 g/mol. The van der Waals surface area contributed by atoms with E-state index < -0.39 is 20.4 Å². The highest BCUT2D eigenvalue weighted by Crippen LogP contribution is 2.51. The minimum absolute atomic E-state index is 0.0261. The van der Waals surface area contributed by atoms with Crippen LogP contribution < -0.4 is 0 Å². The molecule has 0 bridgehead atoms. The lowest BCUT2D eigenvalue weighted by molar-refractivity contribution is -0.384. The fourth-order valence-electron chi connectivity index (χ4n) is 4.14. The van der Waals surface area contributed by atoms with Gasteiger partial charge in [-0.3, -0.25) is 10.1 Å². The Hall–Kier alpha value is -3.45. The number of hydrogen-bond donors (Lipinski definition) is 0. The van der Waals surface area contributed by atoms with E-state index in [1.807, 2.05) is 67.6 Å². The summed E-state index contributed by atoms with van der Waals surface area (Å²) in [6.07, 6.45) is 1.45. The van der Waals surface area contributed by atoms with E-state index >= 15 is 0 Å². The Kier molecular flexibility index (Phi) is 6.33. The molecule has 0 aliphatic carbocycles. The van der Waals surface area contributed by atoms with Crippen LogP contribution in [0.3, 0.4) is 0 Å². The number of rotatable bonds is 8. The number of hydrogen-bond acceptors (Lipinski definition) is 5. The van der Waals surface area contributed by atoms with Crippen LogP contribution in [0.15, 0.2) is 89.8 Å². The van der Waals surface area contributed by atoms with Gasteiger partial charge in [-0.25, -0.2) is 8.42 Å². The van der Waals surface area contributed by atoms with Crippen LogP contribution >= 0.6 is 0 Å². The second-order valence-corrected chi connectivity index (χ2v) is 10.2. The van der Waals surface area contributed by atoms with Crippen molar-refractivity contribution in [3.8, 4) is 0 Å². The van der Waals surface area contributed by atoms with Gasteiger partial charge in [0.05, 0.1) is 15.6 Å². The van der Waals surface area contributed by atoms with Gasteiger partial charge in [0, 0.05) is 35.2 Å². The maximum atomic E-state index is 13.5. The van der Waals surface area contributed by atoms with Crippen LogP contribution in [-0.2, 0) is 20.2 Å². The standard InChI is InChI=1S/C26H25NO5S/c1-2-3-18-33(30,31)24-19-26(21-10-6-4-7-11-21,22-12-8-5-9-13-22)32-25(24)20-14-16-23(17-15-20)27(28)29/h4-17H,2-3,18-19H2,1H3. The lowest BCUT2D eigenvalue weighted by Gasteiger charge is -2.31. The van der Waals surface area contributed by atoms with Gasteiger partial charge in [0.1, 0.15) is 5.76 Å². The predicted molar refractivity (Wildman–Crippen MR) is 128 cm³/mol. The summed E-state index contributed by atoms with van der Waals surface area (Å²) in [5.41, 5.74) is 1.11. The van der Waals surface area contributed by atoms with E-state index in [4.69, 9.17) is 4.74 Å². The van der Waals surface area contributed by atoms with Gasteiger partial charge in [-0.15, -0.1) is 0 Å². The summed E-state index contributed by atoms with van der Waals surface area (Å²) < 4.78 is 33.5. The summed E-state index contributed by atoms with van der Waals surface area (Å²) in [4.78, 5) is 10.9. The SMILES string of the molecule is CCCCS(=O)(=O)C1=C(c2ccc([N+](=O)[O-])cc2)OC(c2ccccc2)(c2ccccc2)C1. The van der Waals surface area contributed by atoms with Crippen molar-refractivity contribution in [3.05, 3.63) is 117 Å². The first-order valence-electron chi connectivity index (χ1n) is 10.9. The van der Waals surface area contributed by atoms with E-state index in [-0.39, 0.29) is 28.5 Å². The summed E-state index contributed by atoms with van der Waals surface area (Å²) in [5.74, 6) is 0.284. The van der Waals surface area contributed by atoms with Gasteiger partial charge in [-0.05, 0) is 18.6 Å². The van der Waals surface area contributed by atoms with E-state index in [1.54, 1.807) is 12.1 Å². The van der Waals surface area contributed by atoms with Gasteiger partial charge in [-0.2, -0.15) is 0 Å². The van der Waals surface area contributed by atoms with Gasteiger partial charge >= 0.3 is 0 Å². The Morgan fingerprint density at radius 1 is 0.909 bits per heavy atom. The van der Waals surface area contributed by atoms with Crippen molar-refractivity contribution < 1.29 is 18.1 Å². The maximum Gasteiger partial charge on any atom is 0.269 e. The second-order valence-electron chi connectivity index (χ2n) is 8.07. The van der Waals surface area contributed by atoms with Gasteiger partial charge in [0.15, 0.2) is 15.4 Å². The highest BCUT2D eigenvalue weighted by molar-refractivity contribution is 7.95. The summed E-state index contributed by atoms with van der Waals surface area (Å²) in [5, 5.41) is 11.1. The Morgan fingerprint density at radius 2 is 1.45 bits per heavy atom. The molecule has 0 saturated heterocycles. The van der Waals surface area contributed by atoms with E-state index in [0.717, 1.165) is 17.5 Å². The van der Waals surface area contributed by atoms with E-state index in [0.29, 0.717) is 12.0 Å². The molecule has 0 unspecified atom stereocenters. The highest BCUT2D eigenvalue weighted by atomic mass is 32.2. The van der Waals surface area contributed by atoms with Crippen molar-refractivity contribution in [2.45, 2.75) is 31.8 Å². The molecule has 1 heterocycles. The van der Waals surface area contributed by atoms with Gasteiger partial charge in [-0.1, -0.05) is 74.0 Å². The predicted octanol–water partition coefficient (Wildman–Crippen LogP) is 5.84. The molecule has 6 nitrogen and oxygen atoms in total. The molecular weight excluding hydrogens is 438 g/mol. The lowest BCUT2D eigenvalue weighted by Crippen LogP contribution is -2.28. The van der Waals surface area contributed by atoms with E-state index in [1.165, 1.54) is 12.1 Å². The molecule has 170 valence electrons. The van der Waals surface area contributed by atoms with Crippen LogP contribution in [-0.4, -0.2) is 19.1 Å². The monoisotopic (exact) mass is 463 g/mol. The van der Waals surface area contributed by atoms with Crippen LogP contribution in [0.4, 0.5) is 5.69 Å². The van der Waals surface area contributed by atoms with Gasteiger partial charge in [0.25, 0.3) is 5.69 Å². The third-order valence-corrected chi connectivity index (χ3v) is 7.81. The molecule has 3 aromatic rings.